The van der Waals surface area contributed by atoms with Crippen LogP contribution in [0.4, 0.5) is 11.6 Å². The first-order valence-corrected chi connectivity index (χ1v) is 18.9. The Bertz CT molecular complexity index is 2140. The molecule has 4 aliphatic carbocycles. The van der Waals surface area contributed by atoms with Crippen LogP contribution in [0.15, 0.2) is 67.1 Å². The minimum absolute atomic E-state index is 0.208. The largest absolute Gasteiger partial charge is 0.455 e. The zero-order valence-corrected chi connectivity index (χ0v) is 30.6. The van der Waals surface area contributed by atoms with Crippen molar-refractivity contribution in [3.8, 4) is 11.1 Å². The van der Waals surface area contributed by atoms with E-state index in [2.05, 4.69) is 32.9 Å². The van der Waals surface area contributed by atoms with Gasteiger partial charge in [0.1, 0.15) is 17.1 Å². The average Bonchev–Trinajstić information content (AvgIpc) is 3.67. The summed E-state index contributed by atoms with van der Waals surface area (Å²) in [6.45, 7) is 9.88. The van der Waals surface area contributed by atoms with Crippen LogP contribution in [-0.4, -0.2) is 48.2 Å². The molecule has 0 radical (unpaired) electrons. The van der Waals surface area contributed by atoms with Crippen LogP contribution in [0.1, 0.15) is 97.0 Å². The maximum atomic E-state index is 13.9. The van der Waals surface area contributed by atoms with E-state index in [1.165, 1.54) is 38.5 Å². The monoisotopic (exact) mass is 697 g/mol. The molecule has 10 nitrogen and oxygen atoms in total. The number of amides is 1. The van der Waals surface area contributed by atoms with Crippen LogP contribution in [-0.2, 0) is 24.2 Å². The molecule has 0 unspecified atom stereocenters. The van der Waals surface area contributed by atoms with Gasteiger partial charge in [0.25, 0.3) is 5.91 Å². The molecule has 268 valence electrons. The minimum atomic E-state index is -0.684. The predicted molar refractivity (Wildman–Crippen MR) is 200 cm³/mol. The van der Waals surface area contributed by atoms with Gasteiger partial charge in [0.2, 0.25) is 0 Å². The summed E-state index contributed by atoms with van der Waals surface area (Å²) in [6, 6.07) is 15.6. The van der Waals surface area contributed by atoms with Gasteiger partial charge >= 0.3 is 5.97 Å². The van der Waals surface area contributed by atoms with Crippen LogP contribution < -0.4 is 10.2 Å². The summed E-state index contributed by atoms with van der Waals surface area (Å²) >= 11 is 0. The highest BCUT2D eigenvalue weighted by Gasteiger charge is 2.51. The number of ether oxygens (including phenoxy) is 1. The lowest BCUT2D eigenvalue weighted by atomic mass is 9.49. The lowest BCUT2D eigenvalue weighted by molar-refractivity contribution is -0.0638. The molecule has 0 saturated heterocycles. The topological polar surface area (TPSA) is 107 Å². The molecular formula is C42H47N7O3. The Labute approximate surface area is 304 Å². The highest BCUT2D eigenvalue weighted by atomic mass is 16.6. The Balaban J connectivity index is 1.01. The van der Waals surface area contributed by atoms with E-state index < -0.39 is 11.6 Å². The molecular weight excluding hydrogens is 651 g/mol. The quantitative estimate of drug-likeness (QED) is 0.173. The molecule has 5 aromatic rings. The van der Waals surface area contributed by atoms with E-state index in [-0.39, 0.29) is 11.6 Å². The highest BCUT2D eigenvalue weighted by Crippen LogP contribution is 2.60. The van der Waals surface area contributed by atoms with Crippen LogP contribution in [0.25, 0.3) is 16.8 Å². The van der Waals surface area contributed by atoms with Crippen molar-refractivity contribution in [1.82, 2.24) is 24.1 Å². The second kappa shape index (κ2) is 12.3. The van der Waals surface area contributed by atoms with Crippen LogP contribution in [0, 0.1) is 30.1 Å². The Morgan fingerprint density at radius 1 is 0.942 bits per heavy atom. The highest BCUT2D eigenvalue weighted by molar-refractivity contribution is 6.05. The second-order valence-corrected chi connectivity index (χ2v) is 16.9. The molecule has 1 aromatic carbocycles. The Hall–Kier alpha value is -4.99. The number of hydrogen-bond donors (Lipinski definition) is 1. The molecule has 5 heterocycles. The fraction of sp³-hybridized carbons (Fsp3) is 0.452. The summed E-state index contributed by atoms with van der Waals surface area (Å²) in [4.78, 5) is 39.3. The average molecular weight is 698 g/mol. The number of esters is 1. The molecule has 4 bridgehead atoms. The van der Waals surface area contributed by atoms with Gasteiger partial charge in [0, 0.05) is 48.2 Å². The maximum Gasteiger partial charge on any atom is 0.358 e. The first kappa shape index (κ1) is 32.9. The van der Waals surface area contributed by atoms with Gasteiger partial charge < -0.3 is 19.4 Å². The van der Waals surface area contributed by atoms with Crippen molar-refractivity contribution < 1.29 is 14.3 Å². The number of aromatic nitrogens is 5. The number of imidazole rings is 1. The molecule has 4 fully saturated rings. The van der Waals surface area contributed by atoms with Crippen molar-refractivity contribution in [3.63, 3.8) is 0 Å². The molecule has 1 N–H and O–H groups in total. The lowest BCUT2D eigenvalue weighted by Gasteiger charge is -2.56. The molecule has 0 spiro atoms. The predicted octanol–water partition coefficient (Wildman–Crippen LogP) is 7.89. The number of rotatable bonds is 7. The lowest BCUT2D eigenvalue weighted by Crippen LogP contribution is -2.48. The van der Waals surface area contributed by atoms with Gasteiger partial charge in [-0.05, 0) is 137 Å². The number of nitrogens with zero attached hydrogens (tertiary/aromatic N) is 6. The summed E-state index contributed by atoms with van der Waals surface area (Å²) in [5.74, 6) is 3.13. The minimum Gasteiger partial charge on any atom is -0.455 e. The van der Waals surface area contributed by atoms with Crippen molar-refractivity contribution in [2.45, 2.75) is 91.3 Å². The van der Waals surface area contributed by atoms with E-state index in [0.29, 0.717) is 35.7 Å². The first-order valence-electron chi connectivity index (χ1n) is 18.9. The number of pyridine rings is 2. The van der Waals surface area contributed by atoms with Crippen molar-refractivity contribution in [2.75, 3.05) is 16.8 Å². The van der Waals surface area contributed by atoms with Gasteiger partial charge in [-0.1, -0.05) is 18.2 Å². The maximum absolute atomic E-state index is 13.9. The molecule has 10 heteroatoms. The SMILES string of the molecule is Cc1c(-c2ccc(N3CCc4cccc(C(=O)Nc5cn6ccccc6n5)c4C3)nc2C(=O)OC(C)(C)C)cnn1CC12CC3CC(CC(C3)C1)C2. The molecule has 10 rings (SSSR count). The number of carbonyl (C=O) groups excluding carboxylic acids is 2. The molecule has 4 saturated carbocycles. The molecule has 1 amide bonds. The van der Waals surface area contributed by atoms with Crippen molar-refractivity contribution in [3.05, 3.63) is 95.2 Å². The van der Waals surface area contributed by atoms with Crippen LogP contribution >= 0.6 is 0 Å². The third-order valence-electron chi connectivity index (χ3n) is 12.0. The van der Waals surface area contributed by atoms with E-state index in [4.69, 9.17) is 14.8 Å². The number of benzene rings is 1. The second-order valence-electron chi connectivity index (χ2n) is 16.9. The third-order valence-corrected chi connectivity index (χ3v) is 12.0. The van der Waals surface area contributed by atoms with Gasteiger partial charge in [0.15, 0.2) is 11.5 Å². The van der Waals surface area contributed by atoms with Gasteiger partial charge in [-0.25, -0.2) is 14.8 Å². The van der Waals surface area contributed by atoms with Gasteiger partial charge in [0.05, 0.1) is 12.4 Å². The summed E-state index contributed by atoms with van der Waals surface area (Å²) < 4.78 is 10.0. The van der Waals surface area contributed by atoms with Gasteiger partial charge in [-0.15, -0.1) is 0 Å². The Morgan fingerprint density at radius 2 is 1.71 bits per heavy atom. The fourth-order valence-electron chi connectivity index (χ4n) is 10.2. The Kier molecular flexibility index (Phi) is 7.79. The summed E-state index contributed by atoms with van der Waals surface area (Å²) in [7, 11) is 0. The molecule has 4 aromatic heterocycles. The van der Waals surface area contributed by atoms with Crippen LogP contribution in [0.2, 0.25) is 0 Å². The summed E-state index contributed by atoms with van der Waals surface area (Å²) in [6.07, 6.45) is 14.6. The Morgan fingerprint density at radius 3 is 2.44 bits per heavy atom. The van der Waals surface area contributed by atoms with E-state index >= 15 is 0 Å². The zero-order chi connectivity index (χ0) is 35.8. The smallest absolute Gasteiger partial charge is 0.358 e. The number of anilines is 2. The molecule has 0 atom stereocenters. The molecule has 52 heavy (non-hydrogen) atoms. The van der Waals surface area contributed by atoms with Gasteiger partial charge in [-0.2, -0.15) is 5.10 Å². The molecule has 1 aliphatic heterocycles. The van der Waals surface area contributed by atoms with Crippen molar-refractivity contribution in [2.24, 2.45) is 23.2 Å². The number of fused-ring (bicyclic) bond motifs is 2. The summed E-state index contributed by atoms with van der Waals surface area (Å²) in [5.41, 5.74) is 6.09. The van der Waals surface area contributed by atoms with E-state index in [9.17, 15) is 9.59 Å². The van der Waals surface area contributed by atoms with Crippen LogP contribution in [0.3, 0.4) is 0 Å². The number of carbonyl (C=O) groups is 2. The molecule has 5 aliphatic rings. The van der Waals surface area contributed by atoms with E-state index in [1.54, 1.807) is 0 Å². The van der Waals surface area contributed by atoms with Crippen LogP contribution in [0.5, 0.6) is 0 Å². The van der Waals surface area contributed by atoms with E-state index in [1.807, 2.05) is 86.2 Å². The normalized spacial score (nSPS) is 23.5. The summed E-state index contributed by atoms with van der Waals surface area (Å²) in [5, 5.41) is 7.93. The number of hydrogen-bond acceptors (Lipinski definition) is 7. The van der Waals surface area contributed by atoms with Gasteiger partial charge in [-0.3, -0.25) is 9.48 Å². The first-order chi connectivity index (χ1) is 25.0. The fourth-order valence-corrected chi connectivity index (χ4v) is 10.2. The van der Waals surface area contributed by atoms with Crippen molar-refractivity contribution >= 4 is 29.2 Å². The third kappa shape index (κ3) is 6.05. The standard InChI is InChI=1S/C42H47N7O3/c1-26-33(22-43-49(26)25-42-19-27-16-28(20-42)18-29(17-27)21-42)31-11-12-37(46-38(31)40(51)52-41(2,3)4)48-15-13-30-8-7-9-32(34(30)23-48)39(50)45-35-24-47-14-6-5-10-36(47)44-35/h5-12,14,22,24,27-29H,13,15-21,23,25H2,1-4H3,(H,45,50). The zero-order valence-electron chi connectivity index (χ0n) is 30.6. The number of nitrogens with one attached hydrogen (secondary N) is 1. The van der Waals surface area contributed by atoms with Crippen molar-refractivity contribution in [1.29, 1.82) is 0 Å². The van der Waals surface area contributed by atoms with E-state index in [0.717, 1.165) is 64.3 Å².